The minimum absolute atomic E-state index is 0.777. The van der Waals surface area contributed by atoms with Crippen molar-refractivity contribution in [1.82, 2.24) is 4.98 Å². The van der Waals surface area contributed by atoms with Gasteiger partial charge in [-0.15, -0.1) is 0 Å². The summed E-state index contributed by atoms with van der Waals surface area (Å²) in [5.74, 6) is 0. The Morgan fingerprint density at radius 3 is 2.53 bits per heavy atom. The van der Waals surface area contributed by atoms with Crippen molar-refractivity contribution in [2.75, 3.05) is 11.1 Å². The normalized spacial score (nSPS) is 10.2. The largest absolute Gasteiger partial charge is 0.399 e. The molecule has 0 fully saturated rings. The molecule has 3 N–H and O–H groups in total. The number of rotatable bonds is 3. The standard InChI is InChI=1S/C14H17N3/c1-10-6-13(15)7-11(2)14(10)17-9-12-4-3-5-16-8-12/h3-8,17H,9,15H2,1-2H3. The van der Waals surface area contributed by atoms with Gasteiger partial charge in [-0.25, -0.2) is 0 Å². The lowest BCUT2D eigenvalue weighted by atomic mass is 10.1. The number of nitrogens with one attached hydrogen (secondary N) is 1. The monoisotopic (exact) mass is 227 g/mol. The molecule has 1 aromatic carbocycles. The smallest absolute Gasteiger partial charge is 0.0416 e. The quantitative estimate of drug-likeness (QED) is 0.793. The van der Waals surface area contributed by atoms with E-state index in [4.69, 9.17) is 5.73 Å². The molecule has 0 unspecified atom stereocenters. The van der Waals surface area contributed by atoms with Gasteiger partial charge in [-0.1, -0.05) is 6.07 Å². The minimum atomic E-state index is 0.777. The van der Waals surface area contributed by atoms with E-state index in [-0.39, 0.29) is 0 Å². The van der Waals surface area contributed by atoms with Gasteiger partial charge in [0.05, 0.1) is 0 Å². The van der Waals surface area contributed by atoms with E-state index >= 15 is 0 Å². The molecule has 2 rings (SSSR count). The Morgan fingerprint density at radius 1 is 1.24 bits per heavy atom. The highest BCUT2D eigenvalue weighted by atomic mass is 14.9. The fraction of sp³-hybridized carbons (Fsp3) is 0.214. The highest BCUT2D eigenvalue weighted by molar-refractivity contribution is 5.63. The van der Waals surface area contributed by atoms with Gasteiger partial charge in [-0.2, -0.15) is 0 Å². The number of aromatic nitrogens is 1. The van der Waals surface area contributed by atoms with E-state index < -0.39 is 0 Å². The summed E-state index contributed by atoms with van der Waals surface area (Å²) in [5, 5.41) is 3.43. The van der Waals surface area contributed by atoms with E-state index in [2.05, 4.69) is 30.2 Å². The second-order valence-electron chi connectivity index (χ2n) is 4.24. The first-order valence-electron chi connectivity index (χ1n) is 5.66. The number of benzene rings is 1. The summed E-state index contributed by atoms with van der Waals surface area (Å²) in [6.45, 7) is 4.91. The van der Waals surface area contributed by atoms with Crippen molar-refractivity contribution >= 4 is 11.4 Å². The fourth-order valence-electron chi connectivity index (χ4n) is 1.97. The second kappa shape index (κ2) is 4.87. The van der Waals surface area contributed by atoms with Crippen molar-refractivity contribution in [2.24, 2.45) is 0 Å². The van der Waals surface area contributed by atoms with Gasteiger partial charge in [-0.3, -0.25) is 4.98 Å². The molecule has 1 aromatic heterocycles. The highest BCUT2D eigenvalue weighted by Crippen LogP contribution is 2.23. The molecule has 88 valence electrons. The summed E-state index contributed by atoms with van der Waals surface area (Å²) < 4.78 is 0. The molecular formula is C14H17N3. The van der Waals surface area contributed by atoms with E-state index in [1.54, 1.807) is 6.20 Å². The molecule has 0 aliphatic rings. The van der Waals surface area contributed by atoms with Gasteiger partial charge in [-0.05, 0) is 48.7 Å². The first kappa shape index (κ1) is 11.5. The van der Waals surface area contributed by atoms with Crippen LogP contribution in [0, 0.1) is 13.8 Å². The number of pyridine rings is 1. The molecule has 0 atom stereocenters. The van der Waals surface area contributed by atoms with Crippen LogP contribution in [0.15, 0.2) is 36.7 Å². The van der Waals surface area contributed by atoms with Gasteiger partial charge in [0.15, 0.2) is 0 Å². The third-order valence-corrected chi connectivity index (χ3v) is 2.75. The Hall–Kier alpha value is -2.03. The number of hydrogen-bond acceptors (Lipinski definition) is 3. The van der Waals surface area contributed by atoms with Crippen LogP contribution in [-0.2, 0) is 6.54 Å². The number of nitrogen functional groups attached to an aromatic ring is 1. The van der Waals surface area contributed by atoms with Gasteiger partial charge in [0.25, 0.3) is 0 Å². The lowest BCUT2D eigenvalue weighted by Gasteiger charge is -2.13. The molecule has 2 aromatic rings. The predicted octanol–water partition coefficient (Wildman–Crippen LogP) is 2.89. The average Bonchev–Trinajstić information content (AvgIpc) is 2.29. The Bertz CT molecular complexity index is 483. The number of hydrogen-bond donors (Lipinski definition) is 2. The lowest BCUT2D eigenvalue weighted by molar-refractivity contribution is 1.10. The Balaban J connectivity index is 2.15. The van der Waals surface area contributed by atoms with E-state index in [0.29, 0.717) is 0 Å². The van der Waals surface area contributed by atoms with Crippen LogP contribution in [0.3, 0.4) is 0 Å². The minimum Gasteiger partial charge on any atom is -0.399 e. The number of nitrogens with two attached hydrogens (primary N) is 1. The molecule has 0 amide bonds. The first-order chi connectivity index (χ1) is 8.16. The van der Waals surface area contributed by atoms with Gasteiger partial charge >= 0.3 is 0 Å². The maximum absolute atomic E-state index is 5.80. The summed E-state index contributed by atoms with van der Waals surface area (Å²) >= 11 is 0. The average molecular weight is 227 g/mol. The van der Waals surface area contributed by atoms with Crippen molar-refractivity contribution in [3.63, 3.8) is 0 Å². The third-order valence-electron chi connectivity index (χ3n) is 2.75. The molecule has 0 bridgehead atoms. The molecule has 0 spiro atoms. The molecule has 3 heteroatoms. The van der Waals surface area contributed by atoms with Crippen LogP contribution in [0.5, 0.6) is 0 Å². The van der Waals surface area contributed by atoms with E-state index in [9.17, 15) is 0 Å². The van der Waals surface area contributed by atoms with E-state index in [1.165, 1.54) is 16.7 Å². The topological polar surface area (TPSA) is 50.9 Å². The van der Waals surface area contributed by atoms with Crippen LogP contribution in [-0.4, -0.2) is 4.98 Å². The second-order valence-corrected chi connectivity index (χ2v) is 4.24. The lowest BCUT2D eigenvalue weighted by Crippen LogP contribution is -2.04. The van der Waals surface area contributed by atoms with Crippen LogP contribution >= 0.6 is 0 Å². The van der Waals surface area contributed by atoms with Crippen LogP contribution in [0.2, 0.25) is 0 Å². The van der Waals surface area contributed by atoms with Crippen molar-refractivity contribution in [2.45, 2.75) is 20.4 Å². The Labute approximate surface area is 102 Å². The summed E-state index contributed by atoms with van der Waals surface area (Å²) in [6.07, 6.45) is 3.65. The predicted molar refractivity (Wildman–Crippen MR) is 71.9 cm³/mol. The van der Waals surface area contributed by atoms with Gasteiger partial charge < -0.3 is 11.1 Å². The fourth-order valence-corrected chi connectivity index (χ4v) is 1.97. The molecule has 0 aliphatic carbocycles. The number of nitrogens with zero attached hydrogens (tertiary/aromatic N) is 1. The summed E-state index contributed by atoms with van der Waals surface area (Å²) in [7, 11) is 0. The zero-order chi connectivity index (χ0) is 12.3. The van der Waals surface area contributed by atoms with E-state index in [0.717, 1.165) is 17.9 Å². The Kier molecular flexibility index (Phi) is 3.28. The molecule has 0 saturated heterocycles. The van der Waals surface area contributed by atoms with Crippen LogP contribution in [0.25, 0.3) is 0 Å². The van der Waals surface area contributed by atoms with Crippen LogP contribution < -0.4 is 11.1 Å². The van der Waals surface area contributed by atoms with Crippen LogP contribution in [0.4, 0.5) is 11.4 Å². The zero-order valence-electron chi connectivity index (χ0n) is 10.2. The van der Waals surface area contributed by atoms with Crippen LogP contribution in [0.1, 0.15) is 16.7 Å². The summed E-state index contributed by atoms with van der Waals surface area (Å²) in [6, 6.07) is 7.97. The molecule has 17 heavy (non-hydrogen) atoms. The van der Waals surface area contributed by atoms with Crippen molar-refractivity contribution in [3.05, 3.63) is 53.3 Å². The third kappa shape index (κ3) is 2.75. The Morgan fingerprint density at radius 2 is 1.94 bits per heavy atom. The molecule has 3 nitrogen and oxygen atoms in total. The molecule has 0 aliphatic heterocycles. The number of aryl methyl sites for hydroxylation is 2. The first-order valence-corrected chi connectivity index (χ1v) is 5.66. The summed E-state index contributed by atoms with van der Waals surface area (Å²) in [4.78, 5) is 4.10. The maximum Gasteiger partial charge on any atom is 0.0416 e. The maximum atomic E-state index is 5.80. The SMILES string of the molecule is Cc1cc(N)cc(C)c1NCc1cccnc1. The molecule has 0 radical (unpaired) electrons. The molecule has 0 saturated carbocycles. The van der Waals surface area contributed by atoms with Crippen molar-refractivity contribution in [1.29, 1.82) is 0 Å². The number of anilines is 2. The van der Waals surface area contributed by atoms with Crippen molar-refractivity contribution < 1.29 is 0 Å². The molecule has 1 heterocycles. The summed E-state index contributed by atoms with van der Waals surface area (Å²) in [5.41, 5.74) is 11.3. The van der Waals surface area contributed by atoms with E-state index in [1.807, 2.05) is 24.4 Å². The van der Waals surface area contributed by atoms with Gasteiger partial charge in [0.2, 0.25) is 0 Å². The molecular weight excluding hydrogens is 210 g/mol. The van der Waals surface area contributed by atoms with Crippen molar-refractivity contribution in [3.8, 4) is 0 Å². The van der Waals surface area contributed by atoms with Gasteiger partial charge in [0.1, 0.15) is 0 Å². The highest BCUT2D eigenvalue weighted by Gasteiger charge is 2.03. The van der Waals surface area contributed by atoms with Gasteiger partial charge in [0, 0.05) is 30.3 Å². The zero-order valence-corrected chi connectivity index (χ0v) is 10.2.